The molecular formula is C16H19N. The number of allylic oxidation sites excluding steroid dienone is 4. The molecule has 0 aromatic heterocycles. The average Bonchev–Trinajstić information content (AvgIpc) is 2.53. The third kappa shape index (κ3) is 3.10. The molecule has 0 heterocycles. The Kier molecular flexibility index (Phi) is 3.81. The molecule has 17 heavy (non-hydrogen) atoms. The molecule has 1 nitrogen and oxygen atoms in total. The second kappa shape index (κ2) is 5.53. The van der Waals surface area contributed by atoms with Gasteiger partial charge >= 0.3 is 0 Å². The molecule has 0 aliphatic heterocycles. The largest absolute Gasteiger partial charge is 0.360 e. The average molecular weight is 225 g/mol. The summed E-state index contributed by atoms with van der Waals surface area (Å²) in [5.41, 5.74) is 5.10. The fourth-order valence-corrected chi connectivity index (χ4v) is 2.03. The monoisotopic (exact) mass is 225 g/mol. The minimum Gasteiger partial charge on any atom is -0.360 e. The zero-order valence-corrected chi connectivity index (χ0v) is 10.5. The lowest BCUT2D eigenvalue weighted by Crippen LogP contribution is -2.08. The summed E-state index contributed by atoms with van der Waals surface area (Å²) >= 11 is 0. The topological polar surface area (TPSA) is 12.0 Å². The van der Waals surface area contributed by atoms with Crippen LogP contribution in [0.3, 0.4) is 0 Å². The van der Waals surface area contributed by atoms with E-state index < -0.39 is 0 Å². The molecule has 0 bridgehead atoms. The molecule has 1 aromatic carbocycles. The van der Waals surface area contributed by atoms with Crippen LogP contribution in [0, 0.1) is 0 Å². The highest BCUT2D eigenvalue weighted by Crippen LogP contribution is 2.17. The Bertz CT molecular complexity index is 478. The van der Waals surface area contributed by atoms with E-state index in [-0.39, 0.29) is 0 Å². The highest BCUT2D eigenvalue weighted by atomic mass is 14.9. The third-order valence-electron chi connectivity index (χ3n) is 2.89. The summed E-state index contributed by atoms with van der Waals surface area (Å²) < 4.78 is 0. The lowest BCUT2D eigenvalue weighted by molar-refractivity contribution is 0.971. The van der Waals surface area contributed by atoms with Crippen LogP contribution in [0.2, 0.25) is 0 Å². The van der Waals surface area contributed by atoms with Crippen LogP contribution in [0.5, 0.6) is 0 Å². The van der Waals surface area contributed by atoms with Gasteiger partial charge in [-0.1, -0.05) is 49.4 Å². The van der Waals surface area contributed by atoms with Gasteiger partial charge in [-0.15, -0.1) is 0 Å². The standard InChI is InChI=1S/C16H19N/c1-3-6-13(2)17-16-11-9-14-7-4-5-8-15(14)10-12-16/h4-9,11-12,17H,3,10H2,1-2H3/b13-6+. The summed E-state index contributed by atoms with van der Waals surface area (Å²) in [6.45, 7) is 4.26. The molecule has 1 aliphatic rings. The summed E-state index contributed by atoms with van der Waals surface area (Å²) in [4.78, 5) is 0. The van der Waals surface area contributed by atoms with E-state index in [1.54, 1.807) is 0 Å². The first-order valence-corrected chi connectivity index (χ1v) is 6.19. The van der Waals surface area contributed by atoms with E-state index in [4.69, 9.17) is 0 Å². The molecule has 0 radical (unpaired) electrons. The molecule has 2 rings (SSSR count). The zero-order valence-electron chi connectivity index (χ0n) is 10.5. The maximum Gasteiger partial charge on any atom is 0.0344 e. The summed E-state index contributed by atoms with van der Waals surface area (Å²) in [6, 6.07) is 8.54. The Labute approximate surface area is 104 Å². The zero-order chi connectivity index (χ0) is 12.1. The second-order valence-corrected chi connectivity index (χ2v) is 4.32. The number of benzene rings is 1. The number of rotatable bonds is 3. The lowest BCUT2D eigenvalue weighted by Gasteiger charge is -2.06. The van der Waals surface area contributed by atoms with Crippen molar-refractivity contribution in [3.63, 3.8) is 0 Å². The van der Waals surface area contributed by atoms with Crippen molar-refractivity contribution in [3.8, 4) is 0 Å². The van der Waals surface area contributed by atoms with Crippen LogP contribution < -0.4 is 5.32 Å². The highest BCUT2D eigenvalue weighted by Gasteiger charge is 2.02. The Morgan fingerprint density at radius 2 is 2.12 bits per heavy atom. The molecule has 0 fully saturated rings. The molecule has 0 spiro atoms. The van der Waals surface area contributed by atoms with Gasteiger partial charge in [0.05, 0.1) is 0 Å². The van der Waals surface area contributed by atoms with Crippen molar-refractivity contribution in [1.82, 2.24) is 5.32 Å². The van der Waals surface area contributed by atoms with E-state index in [9.17, 15) is 0 Å². The minimum absolute atomic E-state index is 0.991. The number of fused-ring (bicyclic) bond motifs is 1. The Hall–Kier alpha value is -1.76. The maximum absolute atomic E-state index is 3.43. The van der Waals surface area contributed by atoms with Crippen molar-refractivity contribution >= 4 is 6.08 Å². The number of nitrogens with one attached hydrogen (secondary N) is 1. The molecule has 0 saturated carbocycles. The van der Waals surface area contributed by atoms with E-state index >= 15 is 0 Å². The van der Waals surface area contributed by atoms with Crippen molar-refractivity contribution in [2.45, 2.75) is 26.7 Å². The van der Waals surface area contributed by atoms with Gasteiger partial charge in [0.15, 0.2) is 0 Å². The van der Waals surface area contributed by atoms with Crippen LogP contribution in [-0.2, 0) is 6.42 Å². The normalized spacial score (nSPS) is 14.9. The summed E-state index contributed by atoms with van der Waals surface area (Å²) in [5.74, 6) is 0. The maximum atomic E-state index is 3.43. The molecule has 0 atom stereocenters. The summed E-state index contributed by atoms with van der Waals surface area (Å²) in [5, 5.41) is 3.43. The van der Waals surface area contributed by atoms with Crippen LogP contribution in [0.4, 0.5) is 0 Å². The van der Waals surface area contributed by atoms with Gasteiger partial charge in [0, 0.05) is 11.4 Å². The van der Waals surface area contributed by atoms with Crippen LogP contribution in [-0.4, -0.2) is 0 Å². The molecule has 0 amide bonds. The van der Waals surface area contributed by atoms with E-state index in [2.05, 4.69) is 67.7 Å². The van der Waals surface area contributed by atoms with Gasteiger partial charge in [-0.25, -0.2) is 0 Å². The SMILES string of the molecule is CC/C=C(\C)NC1=CCc2ccccc2C=C1. The van der Waals surface area contributed by atoms with Gasteiger partial charge in [0.25, 0.3) is 0 Å². The number of hydrogen-bond donors (Lipinski definition) is 1. The Morgan fingerprint density at radius 3 is 2.94 bits per heavy atom. The molecule has 1 N–H and O–H groups in total. The van der Waals surface area contributed by atoms with Crippen molar-refractivity contribution in [2.24, 2.45) is 0 Å². The summed E-state index contributed by atoms with van der Waals surface area (Å²) in [7, 11) is 0. The van der Waals surface area contributed by atoms with E-state index in [0.717, 1.165) is 12.8 Å². The van der Waals surface area contributed by atoms with Gasteiger partial charge < -0.3 is 5.32 Å². The van der Waals surface area contributed by atoms with Crippen molar-refractivity contribution in [3.05, 3.63) is 65.0 Å². The van der Waals surface area contributed by atoms with E-state index in [1.165, 1.54) is 22.5 Å². The Balaban J connectivity index is 2.15. The highest BCUT2D eigenvalue weighted by molar-refractivity contribution is 5.59. The fourth-order valence-electron chi connectivity index (χ4n) is 2.03. The third-order valence-corrected chi connectivity index (χ3v) is 2.89. The predicted octanol–water partition coefficient (Wildman–Crippen LogP) is 4.04. The fraction of sp³-hybridized carbons (Fsp3) is 0.250. The first-order valence-electron chi connectivity index (χ1n) is 6.19. The summed E-state index contributed by atoms with van der Waals surface area (Å²) in [6.07, 6.45) is 10.8. The van der Waals surface area contributed by atoms with E-state index in [0.29, 0.717) is 0 Å². The second-order valence-electron chi connectivity index (χ2n) is 4.32. The Morgan fingerprint density at radius 1 is 1.29 bits per heavy atom. The first-order chi connectivity index (χ1) is 8.29. The van der Waals surface area contributed by atoms with Crippen LogP contribution in [0.15, 0.2) is 53.9 Å². The molecule has 88 valence electrons. The van der Waals surface area contributed by atoms with Gasteiger partial charge in [-0.3, -0.25) is 0 Å². The van der Waals surface area contributed by atoms with Crippen molar-refractivity contribution in [1.29, 1.82) is 0 Å². The van der Waals surface area contributed by atoms with Gasteiger partial charge in [0.2, 0.25) is 0 Å². The molecule has 1 heteroatoms. The van der Waals surface area contributed by atoms with Crippen LogP contribution >= 0.6 is 0 Å². The van der Waals surface area contributed by atoms with Crippen molar-refractivity contribution in [2.75, 3.05) is 0 Å². The molecular weight excluding hydrogens is 206 g/mol. The lowest BCUT2D eigenvalue weighted by atomic mass is 10.1. The van der Waals surface area contributed by atoms with Gasteiger partial charge in [-0.05, 0) is 37.0 Å². The molecule has 0 saturated heterocycles. The minimum atomic E-state index is 0.991. The predicted molar refractivity (Wildman–Crippen MR) is 74.4 cm³/mol. The van der Waals surface area contributed by atoms with Gasteiger partial charge in [-0.2, -0.15) is 0 Å². The molecule has 0 unspecified atom stereocenters. The first kappa shape index (κ1) is 11.7. The quantitative estimate of drug-likeness (QED) is 0.818. The van der Waals surface area contributed by atoms with Crippen molar-refractivity contribution < 1.29 is 0 Å². The molecule has 1 aromatic rings. The van der Waals surface area contributed by atoms with Gasteiger partial charge in [0.1, 0.15) is 0 Å². The van der Waals surface area contributed by atoms with Crippen LogP contribution in [0.1, 0.15) is 31.4 Å². The van der Waals surface area contributed by atoms with E-state index in [1.807, 2.05) is 0 Å². The van der Waals surface area contributed by atoms with Crippen LogP contribution in [0.25, 0.3) is 6.08 Å². The number of hydrogen-bond acceptors (Lipinski definition) is 1. The smallest absolute Gasteiger partial charge is 0.0344 e. The molecule has 1 aliphatic carbocycles.